The molecule has 0 spiro atoms. The van der Waals surface area contributed by atoms with E-state index in [4.69, 9.17) is 10.00 Å². The Morgan fingerprint density at radius 1 is 1.47 bits per heavy atom. The fourth-order valence-electron chi connectivity index (χ4n) is 1.58. The van der Waals surface area contributed by atoms with Crippen molar-refractivity contribution in [1.29, 1.82) is 5.26 Å². The molecule has 0 atom stereocenters. The largest absolute Gasteiger partial charge is 0.494 e. The van der Waals surface area contributed by atoms with Crippen LogP contribution >= 0.6 is 11.8 Å². The summed E-state index contributed by atoms with van der Waals surface area (Å²) in [4.78, 5) is 20.8. The van der Waals surface area contributed by atoms with Gasteiger partial charge >= 0.3 is 5.69 Å². The van der Waals surface area contributed by atoms with Gasteiger partial charge in [0.2, 0.25) is 0 Å². The molecule has 2 rings (SSSR count). The Balaban J connectivity index is 2.57. The summed E-state index contributed by atoms with van der Waals surface area (Å²) in [6.07, 6.45) is 3.61. The van der Waals surface area contributed by atoms with E-state index in [2.05, 4.69) is 20.3 Å². The molecule has 0 saturated carbocycles. The number of amidine groups is 1. The van der Waals surface area contributed by atoms with E-state index >= 15 is 0 Å². The lowest BCUT2D eigenvalue weighted by Crippen LogP contribution is -2.12. The summed E-state index contributed by atoms with van der Waals surface area (Å²) in [5.41, 5.74) is 1.50. The maximum atomic E-state index is 11.2. The fraction of sp³-hybridized carbons (Fsp3) is 0.182. The van der Waals surface area contributed by atoms with Crippen molar-refractivity contribution >= 4 is 33.7 Å². The molecule has 8 heteroatoms. The molecular weight excluding hydrogens is 266 g/mol. The molecule has 3 N–H and O–H groups in total. The van der Waals surface area contributed by atoms with Gasteiger partial charge in [-0.25, -0.2) is 9.79 Å². The smallest absolute Gasteiger partial charge is 0.323 e. The number of hydrogen-bond acceptors (Lipinski definition) is 5. The number of rotatable bonds is 2. The SMILES string of the molecule is COc1cc2[nH]c(=O)[nH]c2cc1N=C(NC#N)SC. The minimum Gasteiger partial charge on any atom is -0.494 e. The third kappa shape index (κ3) is 2.71. The number of benzene rings is 1. The number of H-pyrrole nitrogens is 2. The van der Waals surface area contributed by atoms with Crippen LogP contribution in [0.3, 0.4) is 0 Å². The predicted octanol–water partition coefficient (Wildman–Crippen LogP) is 1.29. The van der Waals surface area contributed by atoms with Gasteiger partial charge in [0.15, 0.2) is 11.4 Å². The molecule has 19 heavy (non-hydrogen) atoms. The van der Waals surface area contributed by atoms with Gasteiger partial charge in [0.1, 0.15) is 11.4 Å². The maximum Gasteiger partial charge on any atom is 0.323 e. The molecule has 7 nitrogen and oxygen atoms in total. The second-order valence-electron chi connectivity index (χ2n) is 3.51. The van der Waals surface area contributed by atoms with E-state index in [0.29, 0.717) is 27.6 Å². The van der Waals surface area contributed by atoms with Crippen LogP contribution in [0.4, 0.5) is 5.69 Å². The number of fused-ring (bicyclic) bond motifs is 1. The summed E-state index contributed by atoms with van der Waals surface area (Å²) in [6.45, 7) is 0. The number of aliphatic imine (C=N–C) groups is 1. The Bertz CT molecular complexity index is 725. The summed E-state index contributed by atoms with van der Waals surface area (Å²) in [5, 5.41) is 11.5. The molecule has 0 radical (unpaired) electrons. The molecule has 0 saturated heterocycles. The average molecular weight is 277 g/mol. The number of aromatic nitrogens is 2. The minimum absolute atomic E-state index is 0.293. The van der Waals surface area contributed by atoms with Crippen LogP contribution in [0.2, 0.25) is 0 Å². The van der Waals surface area contributed by atoms with E-state index in [0.717, 1.165) is 0 Å². The topological polar surface area (TPSA) is 106 Å². The predicted molar refractivity (Wildman–Crippen MR) is 74.8 cm³/mol. The standard InChI is InChI=1S/C11H11N5O2S/c1-18-9-4-7-6(14-10(17)15-7)3-8(9)16-11(19-2)13-5-12/h3-4H,1-2H3,(H,13,16)(H2,14,15,17). The Hall–Kier alpha value is -2.40. The molecule has 1 aromatic carbocycles. The lowest BCUT2D eigenvalue weighted by Gasteiger charge is -2.06. The number of thioether (sulfide) groups is 1. The van der Waals surface area contributed by atoms with E-state index in [9.17, 15) is 4.79 Å². The van der Waals surface area contributed by atoms with Crippen LogP contribution in [-0.4, -0.2) is 28.5 Å². The van der Waals surface area contributed by atoms with Crippen LogP contribution in [0, 0.1) is 11.5 Å². The first-order valence-corrected chi connectivity index (χ1v) is 6.48. The number of imidazole rings is 1. The monoisotopic (exact) mass is 277 g/mol. The summed E-state index contributed by atoms with van der Waals surface area (Å²) < 4.78 is 5.22. The number of hydrogen-bond donors (Lipinski definition) is 3. The first-order valence-electron chi connectivity index (χ1n) is 5.25. The lowest BCUT2D eigenvalue weighted by molar-refractivity contribution is 0.416. The lowest BCUT2D eigenvalue weighted by atomic mass is 10.2. The first-order chi connectivity index (χ1) is 9.17. The van der Waals surface area contributed by atoms with E-state index in [1.807, 2.05) is 6.19 Å². The molecular formula is C11H11N5O2S. The second-order valence-corrected chi connectivity index (χ2v) is 4.30. The molecule has 0 unspecified atom stereocenters. The molecule has 0 aliphatic rings. The molecule has 0 aliphatic heterocycles. The van der Waals surface area contributed by atoms with Crippen molar-refractivity contribution in [3.63, 3.8) is 0 Å². The van der Waals surface area contributed by atoms with Gasteiger partial charge < -0.3 is 14.7 Å². The highest BCUT2D eigenvalue weighted by Gasteiger charge is 2.08. The zero-order valence-electron chi connectivity index (χ0n) is 10.3. The Morgan fingerprint density at radius 2 is 2.16 bits per heavy atom. The molecule has 0 fully saturated rings. The Labute approximate surface area is 112 Å². The highest BCUT2D eigenvalue weighted by molar-refractivity contribution is 8.13. The van der Waals surface area contributed by atoms with Crippen LogP contribution in [0.1, 0.15) is 0 Å². The van der Waals surface area contributed by atoms with Crippen LogP contribution in [0.15, 0.2) is 21.9 Å². The van der Waals surface area contributed by atoms with Crippen LogP contribution in [0.25, 0.3) is 11.0 Å². The molecule has 2 aromatic rings. The summed E-state index contributed by atoms with van der Waals surface area (Å²) >= 11 is 1.30. The molecule has 0 bridgehead atoms. The third-order valence-electron chi connectivity index (χ3n) is 2.39. The number of nitrogens with one attached hydrogen (secondary N) is 3. The van der Waals surface area contributed by atoms with Crippen molar-refractivity contribution in [3.05, 3.63) is 22.6 Å². The molecule has 1 heterocycles. The van der Waals surface area contributed by atoms with Crippen LogP contribution in [0.5, 0.6) is 5.75 Å². The zero-order valence-corrected chi connectivity index (χ0v) is 11.1. The Kier molecular flexibility index (Phi) is 3.77. The number of ether oxygens (including phenoxy) is 1. The summed E-state index contributed by atoms with van der Waals surface area (Å²) in [5.74, 6) is 0.508. The van der Waals surface area contributed by atoms with Crippen molar-refractivity contribution in [1.82, 2.24) is 15.3 Å². The van der Waals surface area contributed by atoms with Crippen molar-refractivity contribution in [2.24, 2.45) is 4.99 Å². The maximum absolute atomic E-state index is 11.2. The van der Waals surface area contributed by atoms with Crippen LogP contribution < -0.4 is 15.7 Å². The van der Waals surface area contributed by atoms with Gasteiger partial charge in [0.25, 0.3) is 0 Å². The third-order valence-corrected chi connectivity index (χ3v) is 2.97. The minimum atomic E-state index is -0.293. The normalized spacial score (nSPS) is 11.3. The summed E-state index contributed by atoms with van der Waals surface area (Å²) in [7, 11) is 1.52. The van der Waals surface area contributed by atoms with Gasteiger partial charge in [0, 0.05) is 6.07 Å². The fourth-order valence-corrected chi connectivity index (χ4v) is 1.92. The number of nitriles is 1. The number of methoxy groups -OCH3 is 1. The van der Waals surface area contributed by atoms with Gasteiger partial charge in [-0.1, -0.05) is 11.8 Å². The first kappa shape index (κ1) is 13.0. The van der Waals surface area contributed by atoms with Crippen LogP contribution in [-0.2, 0) is 0 Å². The van der Waals surface area contributed by atoms with E-state index < -0.39 is 0 Å². The van der Waals surface area contributed by atoms with Gasteiger partial charge in [-0.2, -0.15) is 5.26 Å². The van der Waals surface area contributed by atoms with Gasteiger partial charge in [-0.3, -0.25) is 5.32 Å². The highest BCUT2D eigenvalue weighted by Crippen LogP contribution is 2.31. The van der Waals surface area contributed by atoms with Gasteiger partial charge in [-0.05, 0) is 12.3 Å². The molecule has 0 aliphatic carbocycles. The zero-order chi connectivity index (χ0) is 13.8. The van der Waals surface area contributed by atoms with Crippen molar-refractivity contribution in [2.75, 3.05) is 13.4 Å². The second kappa shape index (κ2) is 5.49. The highest BCUT2D eigenvalue weighted by atomic mass is 32.2. The van der Waals surface area contributed by atoms with E-state index in [1.54, 1.807) is 18.4 Å². The van der Waals surface area contributed by atoms with E-state index in [-0.39, 0.29) is 5.69 Å². The molecule has 0 amide bonds. The number of aromatic amines is 2. The average Bonchev–Trinajstić information content (AvgIpc) is 2.76. The van der Waals surface area contributed by atoms with Gasteiger partial charge in [-0.15, -0.1) is 0 Å². The van der Waals surface area contributed by atoms with Crippen molar-refractivity contribution in [2.45, 2.75) is 0 Å². The molecule has 1 aromatic heterocycles. The van der Waals surface area contributed by atoms with Crippen molar-refractivity contribution < 1.29 is 4.74 Å². The quantitative estimate of drug-likeness (QED) is 0.332. The summed E-state index contributed by atoms with van der Waals surface area (Å²) in [6, 6.07) is 3.36. The number of nitrogens with zero attached hydrogens (tertiary/aromatic N) is 2. The molecule has 98 valence electrons. The van der Waals surface area contributed by atoms with Crippen molar-refractivity contribution in [3.8, 4) is 11.9 Å². The van der Waals surface area contributed by atoms with E-state index in [1.165, 1.54) is 18.9 Å². The Morgan fingerprint density at radius 3 is 2.74 bits per heavy atom. The van der Waals surface area contributed by atoms with Gasteiger partial charge in [0.05, 0.1) is 18.1 Å².